The van der Waals surface area contributed by atoms with E-state index >= 15 is 4.39 Å². The van der Waals surface area contributed by atoms with E-state index in [9.17, 15) is 14.4 Å². The van der Waals surface area contributed by atoms with E-state index in [0.29, 0.717) is 71.3 Å². The van der Waals surface area contributed by atoms with E-state index in [0.717, 1.165) is 144 Å². The molecule has 17 heteroatoms. The average Bonchev–Trinajstić information content (AvgIpc) is 4.00. The fourth-order valence-corrected chi connectivity index (χ4v) is 13.8. The number of pyridine rings is 1. The van der Waals surface area contributed by atoms with E-state index in [2.05, 4.69) is 44.4 Å². The molecule has 8 aliphatic rings. The fraction of sp³-hybridized carbons (Fsp3) is 0.552. The van der Waals surface area contributed by atoms with Gasteiger partial charge in [0.1, 0.15) is 28.8 Å². The smallest absolute Gasteiger partial charge is 0.319 e. The van der Waals surface area contributed by atoms with Gasteiger partial charge in [0.05, 0.1) is 24.2 Å². The third-order valence-corrected chi connectivity index (χ3v) is 18.1. The number of fused-ring (bicyclic) bond motifs is 5. The molecule has 2 N–H and O–H groups in total. The number of piperazine rings is 1. The second-order valence-corrected chi connectivity index (χ2v) is 23.1. The number of aryl methyl sites for hydroxylation is 1. The van der Waals surface area contributed by atoms with Crippen LogP contribution in [0.2, 0.25) is 0 Å². The summed E-state index contributed by atoms with van der Waals surface area (Å²) in [5, 5.41) is 8.58. The molecular weight excluding hydrogens is 954 g/mol. The van der Waals surface area contributed by atoms with E-state index < -0.39 is 11.9 Å². The second kappa shape index (κ2) is 19.5. The van der Waals surface area contributed by atoms with Crippen LogP contribution >= 0.6 is 0 Å². The van der Waals surface area contributed by atoms with Crippen LogP contribution in [0.5, 0.6) is 11.8 Å². The normalized spacial score (nSPS) is 24.5. The zero-order chi connectivity index (χ0) is 51.0. The van der Waals surface area contributed by atoms with Crippen molar-refractivity contribution >= 4 is 50.9 Å². The quantitative estimate of drug-likeness (QED) is 0.0792. The summed E-state index contributed by atoms with van der Waals surface area (Å²) in [6, 6.07) is 16.3. The van der Waals surface area contributed by atoms with Crippen LogP contribution < -0.4 is 29.9 Å². The van der Waals surface area contributed by atoms with Crippen LogP contribution in [-0.2, 0) is 32.0 Å². The molecule has 3 atom stereocenters. The highest BCUT2D eigenvalue weighted by Crippen LogP contribution is 2.52. The summed E-state index contributed by atoms with van der Waals surface area (Å²) in [6.07, 6.45) is 14.6. The number of amides is 3. The minimum atomic E-state index is -0.604. The Kier molecular flexibility index (Phi) is 12.7. The number of rotatable bonds is 15. The number of carbonyl (C=O) groups excluding carboxylic acids is 3. The Hall–Kier alpha value is -6.01. The highest BCUT2D eigenvalue weighted by molar-refractivity contribution is 6.06. The minimum Gasteiger partial charge on any atom is -0.468 e. The minimum absolute atomic E-state index is 0.00294. The van der Waals surface area contributed by atoms with Crippen LogP contribution in [0.15, 0.2) is 54.7 Å². The van der Waals surface area contributed by atoms with Crippen molar-refractivity contribution in [1.82, 2.24) is 35.4 Å². The largest absolute Gasteiger partial charge is 0.468 e. The summed E-state index contributed by atoms with van der Waals surface area (Å²) >= 11 is 0. The molecule has 13 rings (SSSR count). The summed E-state index contributed by atoms with van der Waals surface area (Å²) in [7, 11) is 1.58. The van der Waals surface area contributed by atoms with Crippen molar-refractivity contribution in [2.24, 2.45) is 10.8 Å². The number of halogens is 1. The number of benzene rings is 3. The molecule has 2 saturated carbocycles. The Bertz CT molecular complexity index is 3040. The van der Waals surface area contributed by atoms with Crippen molar-refractivity contribution in [3.05, 3.63) is 77.2 Å². The maximum Gasteiger partial charge on any atom is 0.319 e. The van der Waals surface area contributed by atoms with E-state index in [1.807, 2.05) is 36.4 Å². The van der Waals surface area contributed by atoms with Gasteiger partial charge in [-0.3, -0.25) is 24.7 Å². The highest BCUT2D eigenvalue weighted by atomic mass is 19.1. The summed E-state index contributed by atoms with van der Waals surface area (Å²) in [6.45, 7) is 9.47. The van der Waals surface area contributed by atoms with Crippen LogP contribution in [0.3, 0.4) is 0 Å². The average molecular weight is 1020 g/mol. The van der Waals surface area contributed by atoms with Crippen molar-refractivity contribution in [3.63, 3.8) is 0 Å². The fourth-order valence-electron chi connectivity index (χ4n) is 13.8. The number of methoxy groups -OCH3 is 1. The maximum absolute atomic E-state index is 17.5. The number of nitrogens with one attached hydrogen (secondary N) is 2. The molecule has 3 unspecified atom stereocenters. The zero-order valence-corrected chi connectivity index (χ0v) is 43.2. The summed E-state index contributed by atoms with van der Waals surface area (Å²) in [4.78, 5) is 61.2. The Morgan fingerprint density at radius 3 is 2.39 bits per heavy atom. The van der Waals surface area contributed by atoms with Crippen LogP contribution in [0, 0.1) is 16.6 Å². The van der Waals surface area contributed by atoms with Crippen LogP contribution in [-0.4, -0.2) is 139 Å². The van der Waals surface area contributed by atoms with Gasteiger partial charge >= 0.3 is 6.01 Å². The first kappa shape index (κ1) is 48.6. The lowest BCUT2D eigenvalue weighted by atomic mass is 9.61. The number of likely N-dealkylation sites (tertiary alicyclic amines) is 1. The molecule has 3 aromatic carbocycles. The Balaban J connectivity index is 0.630. The summed E-state index contributed by atoms with van der Waals surface area (Å²) < 4.78 is 42.0. The second-order valence-electron chi connectivity index (χ2n) is 23.1. The molecule has 3 amide bonds. The van der Waals surface area contributed by atoms with Crippen LogP contribution in [0.25, 0.3) is 32.9 Å². The number of hydrogen-bond donors (Lipinski definition) is 2. The Morgan fingerprint density at radius 1 is 0.840 bits per heavy atom. The lowest BCUT2D eigenvalue weighted by Gasteiger charge is -2.53. The van der Waals surface area contributed by atoms with Gasteiger partial charge in [0.2, 0.25) is 11.8 Å². The number of carbonyl (C=O) groups is 3. The van der Waals surface area contributed by atoms with Gasteiger partial charge in [-0.25, -0.2) is 4.39 Å². The van der Waals surface area contributed by atoms with E-state index in [1.165, 1.54) is 0 Å². The monoisotopic (exact) mass is 1020 g/mol. The number of nitrogens with zero attached hydrogens (tertiary/aromatic N) is 7. The van der Waals surface area contributed by atoms with Gasteiger partial charge in [-0.1, -0.05) is 25.1 Å². The SMILES string of the molecule is CCc1cccc2cc(OCOC)cc(-c3ncc4c(N5CC6CCC(C5)N6)nc(OCC5(CN6CCC(OC7CC8(CCN(c9ccc%10c(c9)CN(C9CCC(=O)NC9=O)C%10=O)CC8)C7)CC6)CC5)nc4c3F)c12. The van der Waals surface area contributed by atoms with Crippen molar-refractivity contribution in [2.45, 2.75) is 127 Å². The lowest BCUT2D eigenvalue weighted by Crippen LogP contribution is -2.52. The topological polar surface area (TPSA) is 164 Å². The molecule has 16 nitrogen and oxygen atoms in total. The Labute approximate surface area is 437 Å². The van der Waals surface area contributed by atoms with E-state index in [-0.39, 0.29) is 59.7 Å². The molecule has 8 heterocycles. The first-order valence-corrected chi connectivity index (χ1v) is 27.6. The van der Waals surface area contributed by atoms with Crippen LogP contribution in [0.4, 0.5) is 15.9 Å². The molecule has 5 aromatic rings. The van der Waals surface area contributed by atoms with Gasteiger partial charge in [-0.2, -0.15) is 9.97 Å². The van der Waals surface area contributed by atoms with E-state index in [1.54, 1.807) is 18.2 Å². The maximum atomic E-state index is 17.5. The molecule has 2 bridgehead atoms. The summed E-state index contributed by atoms with van der Waals surface area (Å²) in [5.74, 6) is -0.0402. The van der Waals surface area contributed by atoms with Crippen molar-refractivity contribution in [2.75, 3.05) is 76.1 Å². The molecule has 5 saturated heterocycles. The van der Waals surface area contributed by atoms with Crippen LogP contribution in [0.1, 0.15) is 105 Å². The van der Waals surface area contributed by atoms with Crippen molar-refractivity contribution < 1.29 is 37.7 Å². The first-order chi connectivity index (χ1) is 36.5. The van der Waals surface area contributed by atoms with Gasteiger partial charge in [0.15, 0.2) is 12.6 Å². The molecular formula is C58H68FN9O7. The summed E-state index contributed by atoms with van der Waals surface area (Å²) in [5.41, 5.74) is 5.24. The van der Waals surface area contributed by atoms with Gasteiger partial charge in [0, 0.05) is 106 Å². The number of imide groups is 1. The molecule has 2 aromatic heterocycles. The number of piperidine rings is 3. The number of aromatic nitrogens is 3. The molecule has 7 fully saturated rings. The number of hydrogen-bond acceptors (Lipinski definition) is 14. The van der Waals surface area contributed by atoms with E-state index in [4.69, 9.17) is 33.9 Å². The Morgan fingerprint density at radius 2 is 1.64 bits per heavy atom. The molecule has 0 radical (unpaired) electrons. The number of anilines is 2. The predicted molar refractivity (Wildman–Crippen MR) is 281 cm³/mol. The molecule has 6 aliphatic heterocycles. The van der Waals surface area contributed by atoms with Gasteiger partial charge in [-0.05, 0) is 135 Å². The molecule has 1 spiro atoms. The molecule has 75 heavy (non-hydrogen) atoms. The zero-order valence-electron chi connectivity index (χ0n) is 43.2. The standard InChI is InChI=1S/C58H68FN9O7/c1-3-35-5-4-6-36-24-42(74-34-72-2)25-45(49(35)36)51-50(59)52-46(28-60-51)53(67-30-38-7-8-39(31-67)61-38)64-56(63-52)73-33-58(15-16-58)32-65-19-13-41(14-20-65)75-43-26-57(27-43)17-21-66(22-18-57)40-9-10-44-37(23-40)29-68(55(44)71)47-11-12-48(69)62-54(47)70/h4-6,9-10,23-25,28,38-39,41,43,47,61H,3,7-8,11-22,26-27,29-34H2,1-2H3,(H,62,69,70). The third kappa shape index (κ3) is 9.35. The predicted octanol–water partition coefficient (Wildman–Crippen LogP) is 7.32. The van der Waals surface area contributed by atoms with Gasteiger partial charge < -0.3 is 43.9 Å². The van der Waals surface area contributed by atoms with Gasteiger partial charge in [0.25, 0.3) is 5.91 Å². The lowest BCUT2D eigenvalue weighted by molar-refractivity contribution is -0.137. The highest BCUT2D eigenvalue weighted by Gasteiger charge is 2.49. The number of ether oxygens (including phenoxy) is 4. The van der Waals surface area contributed by atoms with Gasteiger partial charge in [-0.15, -0.1) is 0 Å². The van der Waals surface area contributed by atoms with Crippen molar-refractivity contribution in [1.29, 1.82) is 0 Å². The third-order valence-electron chi connectivity index (χ3n) is 18.1. The molecule has 2 aliphatic carbocycles. The molecule has 394 valence electrons. The van der Waals surface area contributed by atoms with Crippen molar-refractivity contribution in [3.8, 4) is 23.0 Å². The first-order valence-electron chi connectivity index (χ1n) is 27.6.